The van der Waals surface area contributed by atoms with Gasteiger partial charge in [0.25, 0.3) is 0 Å². The Hall–Kier alpha value is -3.72. The number of carbonyl (C=O) groups excluding carboxylic acids is 2. The fourth-order valence-corrected chi connectivity index (χ4v) is 11.3. The topological polar surface area (TPSA) is 34.1 Å². The summed E-state index contributed by atoms with van der Waals surface area (Å²) in [5, 5.41) is 6.24. The van der Waals surface area contributed by atoms with Gasteiger partial charge in [0.15, 0.2) is 0 Å². The molecule has 0 saturated carbocycles. The van der Waals surface area contributed by atoms with E-state index in [0.29, 0.717) is 0 Å². The summed E-state index contributed by atoms with van der Waals surface area (Å²) >= 11 is 1.47. The van der Waals surface area contributed by atoms with Crippen molar-refractivity contribution >= 4 is 66.5 Å². The zero-order chi connectivity index (χ0) is 31.1. The van der Waals surface area contributed by atoms with Crippen molar-refractivity contribution in [2.75, 3.05) is 0 Å². The Morgan fingerprint density at radius 1 is 0.318 bits per heavy atom. The van der Waals surface area contributed by atoms with Gasteiger partial charge in [-0.3, -0.25) is 0 Å². The molecule has 0 aromatic heterocycles. The van der Waals surface area contributed by atoms with Crippen LogP contribution in [0.1, 0.15) is 0 Å². The van der Waals surface area contributed by atoms with Gasteiger partial charge in [-0.2, -0.15) is 0 Å². The van der Waals surface area contributed by atoms with E-state index < -0.39 is 13.8 Å². The second kappa shape index (κ2) is 16.9. The molecule has 218 valence electrons. The molecule has 6 heteroatoms. The molecule has 0 saturated heterocycles. The predicted octanol–water partition coefficient (Wildman–Crippen LogP) is 6.78. The molecule has 6 rings (SSSR count). The third-order valence-corrected chi connectivity index (χ3v) is 14.1. The average Bonchev–Trinajstić information content (AvgIpc) is 3.13. The third kappa shape index (κ3) is 7.15. The van der Waals surface area contributed by atoms with Gasteiger partial charge in [-0.1, -0.05) is 182 Å². The van der Waals surface area contributed by atoms with E-state index in [9.17, 15) is 9.59 Å². The Morgan fingerprint density at radius 2 is 0.455 bits per heavy atom. The Kier molecular flexibility index (Phi) is 12.8. The molecule has 2 nitrogen and oxygen atoms in total. The fourth-order valence-electron chi connectivity index (χ4n) is 5.12. The maximum absolute atomic E-state index is 12.2. The zero-order valence-electron chi connectivity index (χ0n) is 23.7. The molecule has 0 bridgehead atoms. The van der Waals surface area contributed by atoms with Crippen LogP contribution in [0.5, 0.6) is 0 Å². The van der Waals surface area contributed by atoms with Crippen molar-refractivity contribution in [2.24, 2.45) is 0 Å². The van der Waals surface area contributed by atoms with Crippen LogP contribution in [-0.2, 0) is 27.5 Å². The van der Waals surface area contributed by atoms with Gasteiger partial charge in [-0.25, -0.2) is 9.59 Å². The molecule has 0 unspecified atom stereocenters. The molecule has 0 amide bonds. The van der Waals surface area contributed by atoms with E-state index in [4.69, 9.17) is 0 Å². The number of rotatable bonds is 6. The fraction of sp³-hybridized carbons (Fsp3) is 0. The normalized spacial score (nSPS) is 10.5. The van der Waals surface area contributed by atoms with E-state index in [0.717, 1.165) is 31.8 Å². The summed E-state index contributed by atoms with van der Waals surface area (Å²) in [6.07, 6.45) is 0. The molecule has 0 spiro atoms. The van der Waals surface area contributed by atoms with Crippen LogP contribution >= 0.6 is 23.4 Å². The molecule has 0 fully saturated rings. The van der Waals surface area contributed by atoms with Crippen molar-refractivity contribution < 1.29 is 27.5 Å². The summed E-state index contributed by atoms with van der Waals surface area (Å²) in [4.78, 5) is 24.3. The molecule has 0 aliphatic rings. The van der Waals surface area contributed by atoms with E-state index in [-0.39, 0.29) is 0 Å². The number of hydrogen-bond donors (Lipinski definition) is 0. The Labute approximate surface area is 274 Å². The third-order valence-electron chi connectivity index (χ3n) is 7.13. The molecule has 0 aliphatic heterocycles. The SMILES string of the molecule is O=C=P(c1ccccc1)(c1ccccc1)c1ccccc1.O=C=P(c1ccccc1)(c1ccccc1)c1ccccc1.[Cl][Ir+2]. The van der Waals surface area contributed by atoms with Gasteiger partial charge in [0.2, 0.25) is 0 Å². The van der Waals surface area contributed by atoms with Crippen LogP contribution in [0.4, 0.5) is 0 Å². The molecular formula is C38H30ClIrO2P2+2. The second-order valence-electron chi connectivity index (χ2n) is 9.54. The number of benzene rings is 6. The maximum atomic E-state index is 12.2. The average molecular weight is 808 g/mol. The summed E-state index contributed by atoms with van der Waals surface area (Å²) in [5.41, 5.74) is 4.85. The van der Waals surface area contributed by atoms with Gasteiger partial charge in [-0.15, -0.1) is 0 Å². The van der Waals surface area contributed by atoms with Crippen molar-refractivity contribution in [1.29, 1.82) is 0 Å². The predicted molar refractivity (Wildman–Crippen MR) is 188 cm³/mol. The van der Waals surface area contributed by atoms with Crippen LogP contribution in [0.2, 0.25) is 0 Å². The molecule has 0 N–H and O–H groups in total. The van der Waals surface area contributed by atoms with Gasteiger partial charge < -0.3 is 0 Å². The van der Waals surface area contributed by atoms with Crippen LogP contribution in [0.3, 0.4) is 0 Å². The van der Waals surface area contributed by atoms with Crippen LogP contribution in [0.15, 0.2) is 182 Å². The number of hydrogen-bond acceptors (Lipinski definition) is 2. The van der Waals surface area contributed by atoms with Gasteiger partial charge in [0, 0.05) is 0 Å². The van der Waals surface area contributed by atoms with Crippen molar-refractivity contribution in [1.82, 2.24) is 0 Å². The second-order valence-corrected chi connectivity index (χ2v) is 15.7. The molecule has 0 radical (unpaired) electrons. The monoisotopic (exact) mass is 808 g/mol. The first kappa shape index (κ1) is 33.2. The van der Waals surface area contributed by atoms with Crippen molar-refractivity contribution in [3.05, 3.63) is 182 Å². The molecule has 44 heavy (non-hydrogen) atoms. The minimum atomic E-state index is -2.34. The zero-order valence-corrected chi connectivity index (χ0v) is 28.7. The van der Waals surface area contributed by atoms with Crippen LogP contribution < -0.4 is 31.8 Å². The Balaban J connectivity index is 0.000000190. The Bertz CT molecular complexity index is 1530. The molecule has 0 heterocycles. The summed E-state index contributed by atoms with van der Waals surface area (Å²) < 4.78 is 0. The van der Waals surface area contributed by atoms with Crippen LogP contribution in [0, 0.1) is 0 Å². The van der Waals surface area contributed by atoms with E-state index >= 15 is 0 Å². The van der Waals surface area contributed by atoms with Gasteiger partial charge >= 0.3 is 27.5 Å². The standard InChI is InChI=1S/2C19H15OP.ClH.Ir/c2*20-16-21(17-10-4-1-5-11-17,18-12-6-2-7-13-18)19-14-8-3-9-15-19;;/h2*1-15H;1H;/q;;;+3/p-1. The van der Waals surface area contributed by atoms with Crippen LogP contribution in [0.25, 0.3) is 0 Å². The van der Waals surface area contributed by atoms with Gasteiger partial charge in [-0.05, 0) is 31.8 Å². The minimum absolute atomic E-state index is 1.04. The number of halogens is 1. The molecule has 0 aliphatic carbocycles. The summed E-state index contributed by atoms with van der Waals surface area (Å²) in [6, 6.07) is 59.9. The molecule has 6 aromatic rings. The quantitative estimate of drug-likeness (QED) is 0.174. The van der Waals surface area contributed by atoms with E-state index in [1.165, 1.54) is 17.9 Å². The van der Waals surface area contributed by atoms with Gasteiger partial charge in [0.05, 0.1) is 13.8 Å². The van der Waals surface area contributed by atoms with E-state index in [1.807, 2.05) is 182 Å². The molecule has 0 atom stereocenters. The van der Waals surface area contributed by atoms with E-state index in [1.54, 1.807) is 0 Å². The first-order valence-corrected chi connectivity index (χ1v) is 20.3. The van der Waals surface area contributed by atoms with Crippen molar-refractivity contribution in [3.8, 4) is 0 Å². The van der Waals surface area contributed by atoms with E-state index in [2.05, 4.69) is 20.9 Å². The molecular weight excluding hydrogens is 778 g/mol. The summed E-state index contributed by atoms with van der Waals surface area (Å²) in [6.45, 7) is -4.68. The first-order valence-electron chi connectivity index (χ1n) is 13.8. The Morgan fingerprint density at radius 3 is 0.568 bits per heavy atom. The van der Waals surface area contributed by atoms with Crippen molar-refractivity contribution in [3.63, 3.8) is 0 Å². The molecule has 6 aromatic carbocycles. The first-order chi connectivity index (χ1) is 21.8. The summed E-state index contributed by atoms with van der Waals surface area (Å²) in [5.74, 6) is 0. The van der Waals surface area contributed by atoms with Crippen LogP contribution in [-0.4, -0.2) is 11.3 Å². The summed E-state index contributed by atoms with van der Waals surface area (Å²) in [7, 11) is 4.64. The van der Waals surface area contributed by atoms with Gasteiger partial charge in [0.1, 0.15) is 11.3 Å². The van der Waals surface area contributed by atoms with Crippen molar-refractivity contribution in [2.45, 2.75) is 0 Å².